The Bertz CT molecular complexity index is 501. The Morgan fingerprint density at radius 1 is 1.29 bits per heavy atom. The minimum Gasteiger partial charge on any atom is -0.316 e. The fourth-order valence-corrected chi connectivity index (χ4v) is 2.21. The van der Waals surface area contributed by atoms with Crippen molar-refractivity contribution >= 4 is 15.9 Å². The maximum absolute atomic E-state index is 4.43. The summed E-state index contributed by atoms with van der Waals surface area (Å²) in [6.07, 6.45) is 1.09. The first-order valence-electron chi connectivity index (χ1n) is 5.59. The van der Waals surface area contributed by atoms with E-state index in [1.807, 2.05) is 24.3 Å². The van der Waals surface area contributed by atoms with Crippen molar-refractivity contribution in [3.63, 3.8) is 0 Å². The van der Waals surface area contributed by atoms with Crippen LogP contribution in [0.1, 0.15) is 18.2 Å². The maximum Gasteiger partial charge on any atom is 0.179 e. The van der Waals surface area contributed by atoms with Gasteiger partial charge >= 0.3 is 0 Å². The highest BCUT2D eigenvalue weighted by Crippen LogP contribution is 2.18. The Hall–Kier alpha value is -1.27. The fraction of sp³-hybridized carbons (Fsp3) is 0.364. The normalized spacial score (nSPS) is 19.7. The Kier molecular flexibility index (Phi) is 2.90. The summed E-state index contributed by atoms with van der Waals surface area (Å²) in [4.78, 5) is 1.58. The van der Waals surface area contributed by atoms with Gasteiger partial charge in [0.1, 0.15) is 0 Å². The Labute approximate surface area is 107 Å². The smallest absolute Gasteiger partial charge is 0.179 e. The second-order valence-corrected chi connectivity index (χ2v) is 5.02. The van der Waals surface area contributed by atoms with Crippen LogP contribution in [-0.2, 0) is 0 Å². The summed E-state index contributed by atoms with van der Waals surface area (Å²) in [7, 11) is 0. The van der Waals surface area contributed by atoms with Crippen LogP contribution in [0, 0.1) is 0 Å². The van der Waals surface area contributed by atoms with E-state index in [2.05, 4.69) is 36.7 Å². The minimum atomic E-state index is 0.402. The summed E-state index contributed by atoms with van der Waals surface area (Å²) in [5.74, 6) is 1.23. The van der Waals surface area contributed by atoms with Gasteiger partial charge in [-0.1, -0.05) is 15.9 Å². The van der Waals surface area contributed by atoms with Crippen LogP contribution < -0.4 is 5.32 Å². The molecule has 1 saturated heterocycles. The van der Waals surface area contributed by atoms with Crippen LogP contribution in [0.2, 0.25) is 0 Å². The minimum absolute atomic E-state index is 0.402. The van der Waals surface area contributed by atoms with E-state index in [4.69, 9.17) is 0 Å². The van der Waals surface area contributed by atoms with Crippen LogP contribution in [0.5, 0.6) is 0 Å². The first-order valence-corrected chi connectivity index (χ1v) is 6.39. The zero-order chi connectivity index (χ0) is 11.7. The van der Waals surface area contributed by atoms with Gasteiger partial charge in [-0.25, -0.2) is 0 Å². The van der Waals surface area contributed by atoms with Crippen LogP contribution in [0.25, 0.3) is 5.69 Å². The Morgan fingerprint density at radius 2 is 2.12 bits per heavy atom. The molecule has 1 atom stereocenters. The van der Waals surface area contributed by atoms with Gasteiger partial charge in [0.15, 0.2) is 5.82 Å². The predicted molar refractivity (Wildman–Crippen MR) is 67.1 cm³/mol. The van der Waals surface area contributed by atoms with Crippen molar-refractivity contribution < 1.29 is 0 Å². The van der Waals surface area contributed by atoms with E-state index in [1.54, 1.807) is 4.80 Å². The van der Waals surface area contributed by atoms with E-state index in [9.17, 15) is 0 Å². The molecular formula is C11H12BrN5. The summed E-state index contributed by atoms with van der Waals surface area (Å²) in [6.45, 7) is 1.99. The van der Waals surface area contributed by atoms with Crippen molar-refractivity contribution in [2.75, 3.05) is 13.1 Å². The first kappa shape index (κ1) is 10.9. The molecule has 0 amide bonds. The lowest BCUT2D eigenvalue weighted by molar-refractivity contribution is 0.688. The number of hydrogen-bond acceptors (Lipinski definition) is 4. The van der Waals surface area contributed by atoms with Crippen molar-refractivity contribution in [1.82, 2.24) is 25.5 Å². The Morgan fingerprint density at radius 3 is 2.82 bits per heavy atom. The van der Waals surface area contributed by atoms with E-state index >= 15 is 0 Å². The average molecular weight is 294 g/mol. The van der Waals surface area contributed by atoms with Crippen molar-refractivity contribution in [3.8, 4) is 5.69 Å². The second kappa shape index (κ2) is 4.54. The van der Waals surface area contributed by atoms with Crippen LogP contribution in [0.3, 0.4) is 0 Å². The zero-order valence-electron chi connectivity index (χ0n) is 9.17. The second-order valence-electron chi connectivity index (χ2n) is 4.10. The molecule has 1 aliphatic heterocycles. The summed E-state index contributed by atoms with van der Waals surface area (Å²) in [5.41, 5.74) is 0.929. The molecule has 1 aromatic heterocycles. The van der Waals surface area contributed by atoms with E-state index in [0.29, 0.717) is 5.92 Å². The number of aromatic nitrogens is 4. The van der Waals surface area contributed by atoms with E-state index in [1.165, 1.54) is 0 Å². The largest absolute Gasteiger partial charge is 0.316 e. The summed E-state index contributed by atoms with van der Waals surface area (Å²) >= 11 is 3.40. The standard InChI is InChI=1S/C11H12BrN5/c12-9-1-3-10(4-2-9)17-15-11(14-16-17)8-5-6-13-7-8/h1-4,8,13H,5-7H2. The van der Waals surface area contributed by atoms with Gasteiger partial charge in [0.25, 0.3) is 0 Å². The number of halogens is 1. The molecular weight excluding hydrogens is 282 g/mol. The van der Waals surface area contributed by atoms with Gasteiger partial charge < -0.3 is 5.32 Å². The molecule has 3 rings (SSSR count). The van der Waals surface area contributed by atoms with Crippen LogP contribution in [-0.4, -0.2) is 33.3 Å². The number of rotatable bonds is 2. The lowest BCUT2D eigenvalue weighted by atomic mass is 10.1. The van der Waals surface area contributed by atoms with Crippen LogP contribution >= 0.6 is 15.9 Å². The highest BCUT2D eigenvalue weighted by molar-refractivity contribution is 9.10. The van der Waals surface area contributed by atoms with Gasteiger partial charge in [-0.05, 0) is 42.4 Å². The highest BCUT2D eigenvalue weighted by Gasteiger charge is 2.21. The zero-order valence-corrected chi connectivity index (χ0v) is 10.8. The molecule has 1 N–H and O–H groups in total. The third-order valence-electron chi connectivity index (χ3n) is 2.91. The monoisotopic (exact) mass is 293 g/mol. The quantitative estimate of drug-likeness (QED) is 0.912. The lowest BCUT2D eigenvalue weighted by Gasteiger charge is -2.00. The number of tetrazole rings is 1. The van der Waals surface area contributed by atoms with Crippen LogP contribution in [0.15, 0.2) is 28.7 Å². The van der Waals surface area contributed by atoms with Crippen molar-refractivity contribution in [2.24, 2.45) is 0 Å². The molecule has 17 heavy (non-hydrogen) atoms. The first-order chi connectivity index (χ1) is 8.33. The summed E-state index contributed by atoms with van der Waals surface area (Å²) < 4.78 is 1.04. The molecule has 1 aromatic carbocycles. The third-order valence-corrected chi connectivity index (χ3v) is 3.44. The molecule has 2 heterocycles. The van der Waals surface area contributed by atoms with Gasteiger partial charge in [-0.2, -0.15) is 0 Å². The summed E-state index contributed by atoms with van der Waals surface area (Å²) in [5, 5.41) is 16.0. The van der Waals surface area contributed by atoms with Crippen LogP contribution in [0.4, 0.5) is 0 Å². The highest BCUT2D eigenvalue weighted by atomic mass is 79.9. The number of nitrogens with one attached hydrogen (secondary N) is 1. The molecule has 1 unspecified atom stereocenters. The number of benzene rings is 1. The van der Waals surface area contributed by atoms with Gasteiger partial charge in [0.2, 0.25) is 0 Å². The van der Waals surface area contributed by atoms with E-state index in [0.717, 1.165) is 35.5 Å². The third kappa shape index (κ3) is 2.23. The van der Waals surface area contributed by atoms with Gasteiger partial charge in [-0.3, -0.25) is 0 Å². The fourth-order valence-electron chi connectivity index (χ4n) is 1.95. The van der Waals surface area contributed by atoms with E-state index < -0.39 is 0 Å². The molecule has 0 spiro atoms. The van der Waals surface area contributed by atoms with Crippen molar-refractivity contribution in [3.05, 3.63) is 34.6 Å². The molecule has 1 aliphatic rings. The molecule has 2 aromatic rings. The van der Waals surface area contributed by atoms with Crippen molar-refractivity contribution in [2.45, 2.75) is 12.3 Å². The molecule has 1 fully saturated rings. The van der Waals surface area contributed by atoms with Gasteiger partial charge in [0.05, 0.1) is 5.69 Å². The van der Waals surface area contributed by atoms with Gasteiger partial charge in [0, 0.05) is 16.9 Å². The maximum atomic E-state index is 4.43. The molecule has 0 radical (unpaired) electrons. The topological polar surface area (TPSA) is 55.6 Å². The number of hydrogen-bond donors (Lipinski definition) is 1. The summed E-state index contributed by atoms with van der Waals surface area (Å²) in [6, 6.07) is 7.86. The van der Waals surface area contributed by atoms with E-state index in [-0.39, 0.29) is 0 Å². The van der Waals surface area contributed by atoms with Crippen molar-refractivity contribution in [1.29, 1.82) is 0 Å². The molecule has 6 heteroatoms. The lowest BCUT2D eigenvalue weighted by Crippen LogP contribution is -2.09. The molecule has 0 aliphatic carbocycles. The molecule has 5 nitrogen and oxygen atoms in total. The SMILES string of the molecule is Brc1ccc(-n2nnc(C3CCNC3)n2)cc1. The molecule has 0 saturated carbocycles. The molecule has 88 valence electrons. The number of nitrogens with zero attached hydrogens (tertiary/aromatic N) is 4. The Balaban J connectivity index is 1.86. The molecule has 0 bridgehead atoms. The predicted octanol–water partition coefficient (Wildman–Crippen LogP) is 1.50. The van der Waals surface area contributed by atoms with Gasteiger partial charge in [-0.15, -0.1) is 15.0 Å². The average Bonchev–Trinajstić information content (AvgIpc) is 3.00.